The molecule has 4 nitrogen and oxygen atoms in total. The molecule has 1 heterocycles. The van der Waals surface area contributed by atoms with Gasteiger partial charge < -0.3 is 5.32 Å². The Morgan fingerprint density at radius 2 is 1.78 bits per heavy atom. The van der Waals surface area contributed by atoms with E-state index in [2.05, 4.69) is 10.4 Å². The summed E-state index contributed by atoms with van der Waals surface area (Å²) < 4.78 is 41.4. The molecule has 3 rings (SSSR count). The number of para-hydroxylation sites is 1. The summed E-state index contributed by atoms with van der Waals surface area (Å²) in [6.07, 6.45) is -3.86. The van der Waals surface area contributed by atoms with Crippen LogP contribution in [0.1, 0.15) is 21.6 Å². The normalized spacial score (nSPS) is 11.4. The van der Waals surface area contributed by atoms with Crippen LogP contribution in [-0.2, 0) is 12.7 Å². The third-order valence-electron chi connectivity index (χ3n) is 3.72. The molecule has 0 unspecified atom stereocenters. The number of benzene rings is 2. The van der Waals surface area contributed by atoms with Crippen LogP contribution < -0.4 is 5.32 Å². The standard InChI is InChI=1S/C18H12Cl2F3N3O/c19-14-7-6-11(8-15(14)20)9-24-17(27)13-10-25-26(16(13)18(21,22)23)12-4-2-1-3-5-12/h1-8,10H,9H2,(H,24,27). The van der Waals surface area contributed by atoms with Crippen LogP contribution in [0, 0.1) is 0 Å². The number of carbonyl (C=O) groups excluding carboxylic acids is 1. The fourth-order valence-corrected chi connectivity index (χ4v) is 2.80. The molecule has 2 aromatic carbocycles. The molecular formula is C18H12Cl2F3N3O. The molecule has 0 spiro atoms. The first-order valence-electron chi connectivity index (χ1n) is 7.70. The minimum Gasteiger partial charge on any atom is -0.348 e. The lowest BCUT2D eigenvalue weighted by molar-refractivity contribution is -0.143. The van der Waals surface area contributed by atoms with E-state index >= 15 is 0 Å². The molecule has 0 saturated heterocycles. The lowest BCUT2D eigenvalue weighted by Crippen LogP contribution is -2.26. The molecule has 0 aliphatic rings. The molecule has 0 radical (unpaired) electrons. The highest BCUT2D eigenvalue weighted by Gasteiger charge is 2.40. The fourth-order valence-electron chi connectivity index (χ4n) is 2.48. The number of hydrogen-bond donors (Lipinski definition) is 1. The van der Waals surface area contributed by atoms with E-state index in [0.717, 1.165) is 6.20 Å². The van der Waals surface area contributed by atoms with Gasteiger partial charge in [-0.25, -0.2) is 4.68 Å². The zero-order chi connectivity index (χ0) is 19.6. The summed E-state index contributed by atoms with van der Waals surface area (Å²) in [4.78, 5) is 12.4. The second-order valence-electron chi connectivity index (χ2n) is 5.58. The number of rotatable bonds is 4. The van der Waals surface area contributed by atoms with Crippen molar-refractivity contribution < 1.29 is 18.0 Å². The average molecular weight is 414 g/mol. The van der Waals surface area contributed by atoms with Crippen molar-refractivity contribution in [1.29, 1.82) is 0 Å². The molecule has 27 heavy (non-hydrogen) atoms. The van der Waals surface area contributed by atoms with Gasteiger partial charge in [0.1, 0.15) is 0 Å². The third-order valence-corrected chi connectivity index (χ3v) is 4.46. The topological polar surface area (TPSA) is 46.9 Å². The van der Waals surface area contributed by atoms with Gasteiger partial charge in [-0.2, -0.15) is 18.3 Å². The van der Waals surface area contributed by atoms with Gasteiger partial charge in [0.2, 0.25) is 0 Å². The van der Waals surface area contributed by atoms with Crippen LogP contribution >= 0.6 is 23.2 Å². The van der Waals surface area contributed by atoms with E-state index in [4.69, 9.17) is 23.2 Å². The van der Waals surface area contributed by atoms with Crippen LogP contribution in [-0.4, -0.2) is 15.7 Å². The zero-order valence-electron chi connectivity index (χ0n) is 13.6. The van der Waals surface area contributed by atoms with Gasteiger partial charge >= 0.3 is 6.18 Å². The van der Waals surface area contributed by atoms with Crippen LogP contribution in [0.25, 0.3) is 5.69 Å². The van der Waals surface area contributed by atoms with Crippen LogP contribution in [0.3, 0.4) is 0 Å². The predicted octanol–water partition coefficient (Wildman–Crippen LogP) is 5.13. The molecule has 140 valence electrons. The van der Waals surface area contributed by atoms with Gasteiger partial charge in [0.25, 0.3) is 5.91 Å². The number of nitrogens with one attached hydrogen (secondary N) is 1. The second-order valence-corrected chi connectivity index (χ2v) is 6.40. The SMILES string of the molecule is O=C(NCc1ccc(Cl)c(Cl)c1)c1cnn(-c2ccccc2)c1C(F)(F)F. The van der Waals surface area contributed by atoms with Crippen molar-refractivity contribution in [2.75, 3.05) is 0 Å². The number of amides is 1. The van der Waals surface area contributed by atoms with Crippen molar-refractivity contribution in [3.05, 3.63) is 81.6 Å². The van der Waals surface area contributed by atoms with E-state index in [0.29, 0.717) is 15.3 Å². The zero-order valence-corrected chi connectivity index (χ0v) is 15.1. The summed E-state index contributed by atoms with van der Waals surface area (Å²) >= 11 is 11.7. The van der Waals surface area contributed by atoms with E-state index in [9.17, 15) is 18.0 Å². The summed E-state index contributed by atoms with van der Waals surface area (Å²) in [5, 5.41) is 6.83. The van der Waals surface area contributed by atoms with Gasteiger partial charge in [-0.15, -0.1) is 0 Å². The van der Waals surface area contributed by atoms with Gasteiger partial charge in [0, 0.05) is 6.54 Å². The van der Waals surface area contributed by atoms with Crippen molar-refractivity contribution in [1.82, 2.24) is 15.1 Å². The summed E-state index contributed by atoms with van der Waals surface area (Å²) in [6, 6.07) is 12.5. The molecule has 3 aromatic rings. The predicted molar refractivity (Wildman–Crippen MR) is 96.2 cm³/mol. The smallest absolute Gasteiger partial charge is 0.348 e. The molecule has 0 fully saturated rings. The van der Waals surface area contributed by atoms with Crippen molar-refractivity contribution in [2.24, 2.45) is 0 Å². The maximum absolute atomic E-state index is 13.6. The molecule has 9 heteroatoms. The Morgan fingerprint density at radius 3 is 2.41 bits per heavy atom. The van der Waals surface area contributed by atoms with Crippen LogP contribution in [0.5, 0.6) is 0 Å². The van der Waals surface area contributed by atoms with E-state index in [1.807, 2.05) is 0 Å². The van der Waals surface area contributed by atoms with Gasteiger partial charge in [0.05, 0.1) is 27.5 Å². The Balaban J connectivity index is 1.88. The van der Waals surface area contributed by atoms with Crippen molar-refractivity contribution in [3.8, 4) is 5.69 Å². The van der Waals surface area contributed by atoms with Crippen LogP contribution in [0.4, 0.5) is 13.2 Å². The highest BCUT2D eigenvalue weighted by Crippen LogP contribution is 2.33. The summed E-state index contributed by atoms with van der Waals surface area (Å²) in [5.41, 5.74) is -0.901. The minimum absolute atomic E-state index is 0.0104. The molecule has 0 bridgehead atoms. The fraction of sp³-hybridized carbons (Fsp3) is 0.111. The Kier molecular flexibility index (Phi) is 5.43. The highest BCUT2D eigenvalue weighted by atomic mass is 35.5. The summed E-state index contributed by atoms with van der Waals surface area (Å²) in [6.45, 7) is -0.0104. The maximum Gasteiger partial charge on any atom is 0.434 e. The van der Waals surface area contributed by atoms with E-state index < -0.39 is 23.3 Å². The lowest BCUT2D eigenvalue weighted by atomic mass is 10.2. The first kappa shape index (κ1) is 19.3. The van der Waals surface area contributed by atoms with E-state index in [1.54, 1.807) is 30.3 Å². The first-order chi connectivity index (χ1) is 12.8. The van der Waals surface area contributed by atoms with Gasteiger partial charge in [-0.1, -0.05) is 47.5 Å². The number of aromatic nitrogens is 2. The highest BCUT2D eigenvalue weighted by molar-refractivity contribution is 6.42. The molecular weight excluding hydrogens is 402 g/mol. The Labute approximate surface area is 162 Å². The Morgan fingerprint density at radius 1 is 1.07 bits per heavy atom. The molecule has 1 amide bonds. The van der Waals surface area contributed by atoms with Crippen LogP contribution in [0.2, 0.25) is 10.0 Å². The Bertz CT molecular complexity index is 972. The molecule has 0 atom stereocenters. The summed E-state index contributed by atoms with van der Waals surface area (Å²) in [7, 11) is 0. The summed E-state index contributed by atoms with van der Waals surface area (Å²) in [5.74, 6) is -0.893. The molecule has 0 saturated carbocycles. The third kappa shape index (κ3) is 4.26. The molecule has 1 N–H and O–H groups in total. The van der Waals surface area contributed by atoms with E-state index in [-0.39, 0.29) is 17.3 Å². The molecule has 0 aliphatic heterocycles. The van der Waals surface area contributed by atoms with Gasteiger partial charge in [0.15, 0.2) is 5.69 Å². The van der Waals surface area contributed by atoms with Gasteiger partial charge in [-0.05, 0) is 29.8 Å². The number of carbonyl (C=O) groups is 1. The number of alkyl halides is 3. The second kappa shape index (κ2) is 7.62. The lowest BCUT2D eigenvalue weighted by Gasteiger charge is -2.13. The quantitative estimate of drug-likeness (QED) is 0.644. The number of halogens is 5. The van der Waals surface area contributed by atoms with Gasteiger partial charge in [-0.3, -0.25) is 4.79 Å². The first-order valence-corrected chi connectivity index (χ1v) is 8.45. The number of hydrogen-bond acceptors (Lipinski definition) is 2. The van der Waals surface area contributed by atoms with Crippen molar-refractivity contribution >= 4 is 29.1 Å². The van der Waals surface area contributed by atoms with E-state index in [1.165, 1.54) is 18.2 Å². The number of nitrogens with zero attached hydrogens (tertiary/aromatic N) is 2. The Hall–Kier alpha value is -2.51. The van der Waals surface area contributed by atoms with Crippen LogP contribution in [0.15, 0.2) is 54.7 Å². The van der Waals surface area contributed by atoms with Crippen molar-refractivity contribution in [2.45, 2.75) is 12.7 Å². The largest absolute Gasteiger partial charge is 0.434 e. The minimum atomic E-state index is -4.76. The maximum atomic E-state index is 13.6. The van der Waals surface area contributed by atoms with Crippen molar-refractivity contribution in [3.63, 3.8) is 0 Å². The average Bonchev–Trinajstić information content (AvgIpc) is 3.09. The monoisotopic (exact) mass is 413 g/mol. The molecule has 0 aliphatic carbocycles. The molecule has 1 aromatic heterocycles.